The van der Waals surface area contributed by atoms with Crippen molar-refractivity contribution < 1.29 is 4.74 Å². The van der Waals surface area contributed by atoms with E-state index in [4.69, 9.17) is 10.5 Å². The highest BCUT2D eigenvalue weighted by Gasteiger charge is 2.09. The average molecular weight is 230 g/mol. The molecule has 0 saturated carbocycles. The third kappa shape index (κ3) is 2.18. The molecule has 0 unspecified atom stereocenters. The SMILES string of the molecule is COc1ccc(-c2nc(C)c(C)nc2N)nc1. The molecule has 5 heteroatoms. The van der Waals surface area contributed by atoms with Gasteiger partial charge in [-0.3, -0.25) is 4.98 Å². The minimum absolute atomic E-state index is 0.394. The van der Waals surface area contributed by atoms with Gasteiger partial charge in [0.25, 0.3) is 0 Å². The second-order valence-electron chi connectivity index (χ2n) is 3.71. The fourth-order valence-electron chi connectivity index (χ4n) is 1.45. The van der Waals surface area contributed by atoms with Gasteiger partial charge in [-0.2, -0.15) is 0 Å². The molecule has 2 N–H and O–H groups in total. The van der Waals surface area contributed by atoms with E-state index >= 15 is 0 Å². The van der Waals surface area contributed by atoms with Crippen LogP contribution >= 0.6 is 0 Å². The number of nitrogens with two attached hydrogens (primary N) is 1. The number of ether oxygens (including phenoxy) is 1. The molecule has 2 aromatic rings. The lowest BCUT2D eigenvalue weighted by Crippen LogP contribution is -2.03. The smallest absolute Gasteiger partial charge is 0.151 e. The first-order valence-corrected chi connectivity index (χ1v) is 5.23. The van der Waals surface area contributed by atoms with E-state index < -0.39 is 0 Å². The predicted molar refractivity (Wildman–Crippen MR) is 65.7 cm³/mol. The summed E-state index contributed by atoms with van der Waals surface area (Å²) in [6.07, 6.45) is 1.63. The molecule has 2 rings (SSSR count). The highest BCUT2D eigenvalue weighted by atomic mass is 16.5. The highest BCUT2D eigenvalue weighted by molar-refractivity contribution is 5.66. The zero-order chi connectivity index (χ0) is 12.4. The van der Waals surface area contributed by atoms with Gasteiger partial charge in [0.1, 0.15) is 11.4 Å². The average Bonchev–Trinajstić information content (AvgIpc) is 2.34. The van der Waals surface area contributed by atoms with Crippen LogP contribution in [0.25, 0.3) is 11.4 Å². The fourth-order valence-corrected chi connectivity index (χ4v) is 1.45. The molecule has 0 aliphatic heterocycles. The Hall–Kier alpha value is -2.17. The van der Waals surface area contributed by atoms with Gasteiger partial charge >= 0.3 is 0 Å². The third-order valence-corrected chi connectivity index (χ3v) is 2.55. The lowest BCUT2D eigenvalue weighted by Gasteiger charge is -2.07. The Labute approximate surface area is 99.7 Å². The van der Waals surface area contributed by atoms with Gasteiger partial charge in [0.2, 0.25) is 0 Å². The molecule has 0 aromatic carbocycles. The Morgan fingerprint density at radius 3 is 2.41 bits per heavy atom. The highest BCUT2D eigenvalue weighted by Crippen LogP contribution is 2.22. The fraction of sp³-hybridized carbons (Fsp3) is 0.250. The molecule has 0 bridgehead atoms. The number of nitrogens with zero attached hydrogens (tertiary/aromatic N) is 3. The van der Waals surface area contributed by atoms with E-state index in [0.29, 0.717) is 23.0 Å². The number of hydrogen-bond acceptors (Lipinski definition) is 5. The van der Waals surface area contributed by atoms with Crippen molar-refractivity contribution in [3.63, 3.8) is 0 Å². The number of rotatable bonds is 2. The summed E-state index contributed by atoms with van der Waals surface area (Å²) in [4.78, 5) is 12.9. The summed E-state index contributed by atoms with van der Waals surface area (Å²) < 4.78 is 5.05. The van der Waals surface area contributed by atoms with E-state index in [-0.39, 0.29) is 0 Å². The summed E-state index contributed by atoms with van der Waals surface area (Å²) in [5.74, 6) is 1.09. The van der Waals surface area contributed by atoms with Crippen LogP contribution in [-0.2, 0) is 0 Å². The monoisotopic (exact) mass is 230 g/mol. The minimum Gasteiger partial charge on any atom is -0.495 e. The second-order valence-corrected chi connectivity index (χ2v) is 3.71. The molecule has 2 heterocycles. The van der Waals surface area contributed by atoms with E-state index in [1.54, 1.807) is 13.3 Å². The largest absolute Gasteiger partial charge is 0.495 e. The lowest BCUT2D eigenvalue weighted by atomic mass is 10.2. The summed E-state index contributed by atoms with van der Waals surface area (Å²) >= 11 is 0. The van der Waals surface area contributed by atoms with Crippen molar-refractivity contribution in [3.8, 4) is 17.1 Å². The van der Waals surface area contributed by atoms with E-state index in [1.807, 2.05) is 26.0 Å². The predicted octanol–water partition coefficient (Wildman–Crippen LogP) is 1.75. The van der Waals surface area contributed by atoms with Crippen LogP contribution < -0.4 is 10.5 Å². The first-order valence-electron chi connectivity index (χ1n) is 5.23. The minimum atomic E-state index is 0.394. The Bertz CT molecular complexity index is 537. The zero-order valence-corrected chi connectivity index (χ0v) is 10.1. The van der Waals surface area contributed by atoms with Gasteiger partial charge in [-0.25, -0.2) is 9.97 Å². The van der Waals surface area contributed by atoms with Crippen LogP contribution in [0, 0.1) is 13.8 Å². The maximum Gasteiger partial charge on any atom is 0.151 e. The zero-order valence-electron chi connectivity index (χ0n) is 10.1. The van der Waals surface area contributed by atoms with Crippen molar-refractivity contribution in [3.05, 3.63) is 29.7 Å². The third-order valence-electron chi connectivity index (χ3n) is 2.55. The topological polar surface area (TPSA) is 73.9 Å². The van der Waals surface area contributed by atoms with Gasteiger partial charge in [-0.15, -0.1) is 0 Å². The van der Waals surface area contributed by atoms with Crippen molar-refractivity contribution in [2.75, 3.05) is 12.8 Å². The Morgan fingerprint density at radius 1 is 1.12 bits per heavy atom. The van der Waals surface area contributed by atoms with Gasteiger partial charge in [-0.1, -0.05) is 0 Å². The number of pyridine rings is 1. The van der Waals surface area contributed by atoms with Gasteiger partial charge in [0.05, 0.1) is 30.4 Å². The lowest BCUT2D eigenvalue weighted by molar-refractivity contribution is 0.413. The van der Waals surface area contributed by atoms with Crippen LogP contribution in [0.15, 0.2) is 18.3 Å². The number of aromatic nitrogens is 3. The van der Waals surface area contributed by atoms with Crippen molar-refractivity contribution in [1.29, 1.82) is 0 Å². The van der Waals surface area contributed by atoms with Crippen molar-refractivity contribution in [1.82, 2.24) is 15.0 Å². The Morgan fingerprint density at radius 2 is 1.82 bits per heavy atom. The second kappa shape index (κ2) is 4.37. The van der Waals surface area contributed by atoms with Crippen LogP contribution in [0.3, 0.4) is 0 Å². The summed E-state index contributed by atoms with van der Waals surface area (Å²) in [7, 11) is 1.60. The summed E-state index contributed by atoms with van der Waals surface area (Å²) in [6.45, 7) is 3.78. The van der Waals surface area contributed by atoms with Crippen LogP contribution in [-0.4, -0.2) is 22.1 Å². The van der Waals surface area contributed by atoms with Gasteiger partial charge < -0.3 is 10.5 Å². The molecule has 0 radical (unpaired) electrons. The van der Waals surface area contributed by atoms with Gasteiger partial charge in [0, 0.05) is 0 Å². The van der Waals surface area contributed by atoms with Crippen molar-refractivity contribution in [2.24, 2.45) is 0 Å². The number of nitrogen functional groups attached to an aromatic ring is 1. The van der Waals surface area contributed by atoms with Crippen LogP contribution in [0.4, 0.5) is 5.82 Å². The number of methoxy groups -OCH3 is 1. The summed E-state index contributed by atoms with van der Waals surface area (Å²) in [5.41, 5.74) is 8.84. The first kappa shape index (κ1) is 11.3. The number of anilines is 1. The van der Waals surface area contributed by atoms with E-state index in [9.17, 15) is 0 Å². The molecule has 0 spiro atoms. The van der Waals surface area contributed by atoms with Crippen LogP contribution in [0.1, 0.15) is 11.4 Å². The summed E-state index contributed by atoms with van der Waals surface area (Å²) in [6, 6.07) is 3.63. The van der Waals surface area contributed by atoms with E-state index in [2.05, 4.69) is 15.0 Å². The van der Waals surface area contributed by atoms with Crippen molar-refractivity contribution in [2.45, 2.75) is 13.8 Å². The van der Waals surface area contributed by atoms with Gasteiger partial charge in [-0.05, 0) is 26.0 Å². The van der Waals surface area contributed by atoms with Gasteiger partial charge in [0.15, 0.2) is 5.82 Å². The summed E-state index contributed by atoms with van der Waals surface area (Å²) in [5, 5.41) is 0. The van der Waals surface area contributed by atoms with E-state index in [0.717, 1.165) is 11.4 Å². The molecule has 0 amide bonds. The molecule has 0 aliphatic rings. The molecule has 17 heavy (non-hydrogen) atoms. The van der Waals surface area contributed by atoms with Crippen molar-refractivity contribution >= 4 is 5.82 Å². The molecule has 0 saturated heterocycles. The van der Waals surface area contributed by atoms with Crippen LogP contribution in [0.5, 0.6) is 5.75 Å². The Kier molecular flexibility index (Phi) is 2.91. The first-order chi connectivity index (χ1) is 8.11. The number of aryl methyl sites for hydroxylation is 2. The Balaban J connectivity index is 2.48. The maximum atomic E-state index is 5.85. The molecule has 88 valence electrons. The quantitative estimate of drug-likeness (QED) is 0.850. The molecule has 0 atom stereocenters. The molecule has 0 fully saturated rings. The molecular weight excluding hydrogens is 216 g/mol. The number of hydrogen-bond donors (Lipinski definition) is 1. The van der Waals surface area contributed by atoms with Crippen LogP contribution in [0.2, 0.25) is 0 Å². The molecular formula is C12H14N4O. The molecule has 0 aliphatic carbocycles. The molecule has 5 nitrogen and oxygen atoms in total. The maximum absolute atomic E-state index is 5.85. The normalized spacial score (nSPS) is 10.3. The molecule has 2 aromatic heterocycles. The van der Waals surface area contributed by atoms with E-state index in [1.165, 1.54) is 0 Å². The standard InChI is InChI=1S/C12H14N4O/c1-7-8(2)16-12(13)11(15-7)10-5-4-9(17-3)6-14-10/h4-6H,1-3H3,(H2,13,16).